The highest BCUT2D eigenvalue weighted by Crippen LogP contribution is 2.26. The number of nitrogens with one attached hydrogen (secondary N) is 1. The number of carboxylic acid groups (broad SMARTS) is 1. The Balaban J connectivity index is 1.92. The fraction of sp³-hybridized carbons (Fsp3) is 0.345. The van der Waals surface area contributed by atoms with Gasteiger partial charge in [-0.25, -0.2) is 0 Å². The summed E-state index contributed by atoms with van der Waals surface area (Å²) in [5.74, 6) is -2.23. The second kappa shape index (κ2) is 13.1. The lowest BCUT2D eigenvalue weighted by molar-refractivity contribution is -0.274. The zero-order chi connectivity index (χ0) is 28.6. The van der Waals surface area contributed by atoms with Crippen LogP contribution in [0, 0.1) is 6.92 Å². The zero-order valence-corrected chi connectivity index (χ0v) is 21.7. The third-order valence-electron chi connectivity index (χ3n) is 6.17. The molecular formula is C29H31F3N2O5. The van der Waals surface area contributed by atoms with Gasteiger partial charge in [-0.05, 0) is 48.2 Å². The monoisotopic (exact) mass is 544 g/mol. The quantitative estimate of drug-likeness (QED) is 0.305. The highest BCUT2D eigenvalue weighted by molar-refractivity contribution is 5.81. The molecule has 1 unspecified atom stereocenters. The number of carboxylic acids is 1. The Kier molecular flexibility index (Phi) is 9.92. The number of unbranched alkanes of at least 4 members (excludes halogenated alkanes) is 1. The standard InChI is InChI=1S/C29H31F3N2O5/c1-3-4-10-25(34-18-19(2)15-22(28(34)38)16-20-8-6-5-7-9-20)27(37)33-24(17-26(35)36)21-11-13-23(14-12-21)39-29(30,31)32/h5-9,11-15,18,24-25H,3-4,10,16-17H2,1-2H3,(H,33,37)(H,35,36)/t24-,25?/m0/s1. The molecule has 208 valence electrons. The van der Waals surface area contributed by atoms with Crippen LogP contribution in [0.25, 0.3) is 0 Å². The van der Waals surface area contributed by atoms with Crippen molar-refractivity contribution in [3.05, 3.63) is 99.5 Å². The van der Waals surface area contributed by atoms with E-state index in [0.29, 0.717) is 24.8 Å². The Morgan fingerprint density at radius 2 is 1.74 bits per heavy atom. The molecule has 7 nitrogen and oxygen atoms in total. The van der Waals surface area contributed by atoms with Gasteiger partial charge in [0.1, 0.15) is 11.8 Å². The van der Waals surface area contributed by atoms with Crippen molar-refractivity contribution in [3.63, 3.8) is 0 Å². The molecular weight excluding hydrogens is 513 g/mol. The number of aryl methyl sites for hydroxylation is 1. The molecule has 3 rings (SSSR count). The summed E-state index contributed by atoms with van der Waals surface area (Å²) in [7, 11) is 0. The second-order valence-corrected chi connectivity index (χ2v) is 9.35. The molecule has 0 aliphatic carbocycles. The van der Waals surface area contributed by atoms with Crippen LogP contribution in [0.1, 0.15) is 66.9 Å². The Bertz CT molecular complexity index is 1320. The van der Waals surface area contributed by atoms with Gasteiger partial charge in [0.25, 0.3) is 5.56 Å². The number of aromatic nitrogens is 1. The van der Waals surface area contributed by atoms with Crippen LogP contribution in [0.2, 0.25) is 0 Å². The first kappa shape index (κ1) is 29.5. The Hall–Kier alpha value is -4.08. The molecule has 2 N–H and O–H groups in total. The highest BCUT2D eigenvalue weighted by atomic mass is 19.4. The summed E-state index contributed by atoms with van der Waals surface area (Å²) in [6, 6.07) is 14.0. The normalized spacial score (nSPS) is 12.9. The number of carbonyl (C=O) groups is 2. The summed E-state index contributed by atoms with van der Waals surface area (Å²) in [5.41, 5.74) is 2.23. The lowest BCUT2D eigenvalue weighted by Crippen LogP contribution is -2.40. The maximum atomic E-state index is 13.6. The third-order valence-corrected chi connectivity index (χ3v) is 6.17. The summed E-state index contributed by atoms with van der Waals surface area (Å²) < 4.78 is 42.8. The van der Waals surface area contributed by atoms with Gasteiger partial charge in [-0.3, -0.25) is 14.4 Å². The molecule has 0 saturated heterocycles. The fourth-order valence-corrected chi connectivity index (χ4v) is 4.38. The van der Waals surface area contributed by atoms with Crippen molar-refractivity contribution in [2.24, 2.45) is 0 Å². The van der Waals surface area contributed by atoms with E-state index in [1.165, 1.54) is 16.7 Å². The minimum Gasteiger partial charge on any atom is -0.481 e. The van der Waals surface area contributed by atoms with Crippen LogP contribution in [0.4, 0.5) is 13.2 Å². The second-order valence-electron chi connectivity index (χ2n) is 9.35. The molecule has 39 heavy (non-hydrogen) atoms. The van der Waals surface area contributed by atoms with Gasteiger partial charge in [0.2, 0.25) is 5.91 Å². The number of alkyl halides is 3. The number of halogens is 3. The minimum atomic E-state index is -4.87. The van der Waals surface area contributed by atoms with Crippen molar-refractivity contribution < 1.29 is 32.6 Å². The van der Waals surface area contributed by atoms with Crippen LogP contribution in [0.15, 0.2) is 71.7 Å². The van der Waals surface area contributed by atoms with Crippen molar-refractivity contribution in [1.29, 1.82) is 0 Å². The molecule has 0 aliphatic heterocycles. The van der Waals surface area contributed by atoms with Crippen LogP contribution >= 0.6 is 0 Å². The molecule has 0 radical (unpaired) electrons. The average molecular weight is 545 g/mol. The van der Waals surface area contributed by atoms with Gasteiger partial charge < -0.3 is 19.7 Å². The van der Waals surface area contributed by atoms with Crippen molar-refractivity contribution in [3.8, 4) is 5.75 Å². The number of aliphatic carboxylic acids is 1. The first-order chi connectivity index (χ1) is 18.5. The molecule has 1 heterocycles. The van der Waals surface area contributed by atoms with E-state index in [1.807, 2.05) is 44.2 Å². The molecule has 0 aliphatic rings. The Morgan fingerprint density at radius 1 is 1.08 bits per heavy atom. The number of carbonyl (C=O) groups excluding carboxylic acids is 1. The van der Waals surface area contributed by atoms with Gasteiger partial charge in [-0.1, -0.05) is 62.2 Å². The number of nitrogens with zero attached hydrogens (tertiary/aromatic N) is 1. The van der Waals surface area contributed by atoms with E-state index in [2.05, 4.69) is 10.1 Å². The number of rotatable bonds is 12. The predicted molar refractivity (Wildman–Crippen MR) is 140 cm³/mol. The molecule has 0 bridgehead atoms. The molecule has 0 spiro atoms. The van der Waals surface area contributed by atoms with Gasteiger partial charge in [-0.2, -0.15) is 0 Å². The van der Waals surface area contributed by atoms with Gasteiger partial charge in [0.15, 0.2) is 0 Å². The summed E-state index contributed by atoms with van der Waals surface area (Å²) >= 11 is 0. The van der Waals surface area contributed by atoms with E-state index in [-0.39, 0.29) is 11.1 Å². The maximum absolute atomic E-state index is 13.6. The highest BCUT2D eigenvalue weighted by Gasteiger charge is 2.31. The van der Waals surface area contributed by atoms with Crippen LogP contribution in [0.3, 0.4) is 0 Å². The Labute approximate surface area is 224 Å². The number of pyridine rings is 1. The zero-order valence-electron chi connectivity index (χ0n) is 21.7. The summed E-state index contributed by atoms with van der Waals surface area (Å²) in [6.07, 6.45) is -1.63. The minimum absolute atomic E-state index is 0.288. The average Bonchev–Trinajstić information content (AvgIpc) is 2.86. The number of hydrogen-bond donors (Lipinski definition) is 2. The van der Waals surface area contributed by atoms with E-state index in [9.17, 15) is 32.7 Å². The van der Waals surface area contributed by atoms with Gasteiger partial charge in [0.05, 0.1) is 12.5 Å². The molecule has 2 atom stereocenters. The molecule has 0 fully saturated rings. The topological polar surface area (TPSA) is 97.6 Å². The van der Waals surface area contributed by atoms with Crippen LogP contribution in [-0.2, 0) is 16.0 Å². The summed E-state index contributed by atoms with van der Waals surface area (Å²) in [5, 5.41) is 12.2. The summed E-state index contributed by atoms with van der Waals surface area (Å²) in [6.45, 7) is 3.78. The number of amides is 1. The molecule has 10 heteroatoms. The number of ether oxygens (including phenoxy) is 1. The maximum Gasteiger partial charge on any atom is 0.573 e. The van der Waals surface area contributed by atoms with Crippen LogP contribution < -0.4 is 15.6 Å². The fourth-order valence-electron chi connectivity index (χ4n) is 4.38. The van der Waals surface area contributed by atoms with Crippen molar-refractivity contribution in [2.45, 2.75) is 64.4 Å². The molecule has 1 aromatic heterocycles. The SMILES string of the molecule is CCCCC(C(=O)N[C@@H](CC(=O)O)c1ccc(OC(F)(F)F)cc1)n1cc(C)cc(Cc2ccccc2)c1=O. The van der Waals surface area contributed by atoms with Crippen molar-refractivity contribution in [1.82, 2.24) is 9.88 Å². The van der Waals surface area contributed by atoms with E-state index in [0.717, 1.165) is 29.7 Å². The lowest BCUT2D eigenvalue weighted by atomic mass is 10.0. The van der Waals surface area contributed by atoms with Crippen LogP contribution in [0.5, 0.6) is 5.75 Å². The van der Waals surface area contributed by atoms with Crippen molar-refractivity contribution in [2.75, 3.05) is 0 Å². The third kappa shape index (κ3) is 8.73. The van der Waals surface area contributed by atoms with Crippen LogP contribution in [-0.4, -0.2) is 27.9 Å². The van der Waals surface area contributed by atoms with E-state index < -0.39 is 42.5 Å². The van der Waals surface area contributed by atoms with E-state index >= 15 is 0 Å². The molecule has 3 aromatic rings. The van der Waals surface area contributed by atoms with Crippen molar-refractivity contribution >= 4 is 11.9 Å². The first-order valence-electron chi connectivity index (χ1n) is 12.6. The van der Waals surface area contributed by atoms with E-state index in [4.69, 9.17) is 0 Å². The predicted octanol–water partition coefficient (Wildman–Crippen LogP) is 5.71. The molecule has 0 saturated carbocycles. The first-order valence-corrected chi connectivity index (χ1v) is 12.6. The smallest absolute Gasteiger partial charge is 0.481 e. The molecule has 1 amide bonds. The molecule has 2 aromatic carbocycles. The van der Waals surface area contributed by atoms with Gasteiger partial charge >= 0.3 is 12.3 Å². The summed E-state index contributed by atoms with van der Waals surface area (Å²) in [4.78, 5) is 38.6. The van der Waals surface area contributed by atoms with Gasteiger partial charge in [-0.15, -0.1) is 13.2 Å². The van der Waals surface area contributed by atoms with E-state index in [1.54, 1.807) is 12.3 Å². The lowest BCUT2D eigenvalue weighted by Gasteiger charge is -2.25. The number of benzene rings is 2. The number of hydrogen-bond acceptors (Lipinski definition) is 4. The Morgan fingerprint density at radius 3 is 2.33 bits per heavy atom. The largest absolute Gasteiger partial charge is 0.573 e. The van der Waals surface area contributed by atoms with Gasteiger partial charge in [0, 0.05) is 18.2 Å².